The lowest BCUT2D eigenvalue weighted by Gasteiger charge is -2.18. The van der Waals surface area contributed by atoms with E-state index in [1.54, 1.807) is 6.92 Å². The minimum Gasteiger partial charge on any atom is -0.462 e. The van der Waals surface area contributed by atoms with E-state index in [0.29, 0.717) is 12.8 Å². The van der Waals surface area contributed by atoms with Crippen LogP contribution in [0.3, 0.4) is 0 Å². The second-order valence-corrected chi connectivity index (χ2v) is 11.5. The van der Waals surface area contributed by atoms with Gasteiger partial charge in [0.15, 0.2) is 11.2 Å². The number of thioether (sulfide) groups is 1. The molecule has 0 saturated heterocycles. The van der Waals surface area contributed by atoms with E-state index in [-0.39, 0.29) is 24.6 Å². The monoisotopic (exact) mass is 554 g/mol. The Morgan fingerprint density at radius 1 is 0.750 bits per heavy atom. The molecule has 0 aliphatic carbocycles. The highest BCUT2D eigenvalue weighted by Crippen LogP contribution is 2.35. The summed E-state index contributed by atoms with van der Waals surface area (Å²) in [5.41, 5.74) is 0. The van der Waals surface area contributed by atoms with E-state index < -0.39 is 32.5 Å². The molecule has 36 heavy (non-hydrogen) atoms. The molecule has 0 rings (SSSR count). The quantitative estimate of drug-likeness (QED) is 0.0819. The number of hydrogen-bond donors (Lipinski definition) is 2. The summed E-state index contributed by atoms with van der Waals surface area (Å²) in [5.74, 6) is -0.107. The molecule has 0 aromatic carbocycles. The van der Waals surface area contributed by atoms with E-state index in [4.69, 9.17) is 19.3 Å². The molecule has 0 aromatic rings. The van der Waals surface area contributed by atoms with Crippen molar-refractivity contribution < 1.29 is 42.7 Å². The van der Waals surface area contributed by atoms with Gasteiger partial charge in [0, 0.05) is 25.5 Å². The van der Waals surface area contributed by atoms with E-state index >= 15 is 0 Å². The Hall–Kier alpha value is -0.930. The van der Waals surface area contributed by atoms with Gasteiger partial charge >= 0.3 is 19.8 Å². The number of rotatable bonds is 24. The molecule has 0 aliphatic rings. The summed E-state index contributed by atoms with van der Waals surface area (Å²) < 4.78 is 25.9. The van der Waals surface area contributed by atoms with Crippen LogP contribution < -0.4 is 0 Å². The Kier molecular flexibility index (Phi) is 22.6. The minimum atomic E-state index is -4.74. The molecule has 0 amide bonds. The predicted octanol–water partition coefficient (Wildman–Crippen LogP) is 6.09. The van der Waals surface area contributed by atoms with Gasteiger partial charge in [0.1, 0.15) is 6.61 Å². The summed E-state index contributed by atoms with van der Waals surface area (Å²) in [5, 5.41) is 0.141. The summed E-state index contributed by atoms with van der Waals surface area (Å²) in [6, 6.07) is 0. The maximum absolute atomic E-state index is 12.1. The van der Waals surface area contributed by atoms with Crippen LogP contribution in [0.4, 0.5) is 0 Å². The molecule has 2 N–H and O–H groups in total. The Labute approximate surface area is 221 Å². The van der Waals surface area contributed by atoms with E-state index in [1.165, 1.54) is 37.4 Å². The molecular weight excluding hydrogens is 507 g/mol. The van der Waals surface area contributed by atoms with Gasteiger partial charge in [0.2, 0.25) is 0 Å². The maximum Gasteiger partial charge on any atom is 0.469 e. The molecule has 0 fully saturated rings. The van der Waals surface area contributed by atoms with Crippen LogP contribution in [-0.2, 0) is 32.9 Å². The van der Waals surface area contributed by atoms with Crippen molar-refractivity contribution in [1.29, 1.82) is 0 Å². The number of phosphoric ester groups is 1. The lowest BCUT2D eigenvalue weighted by atomic mass is 10.1. The van der Waals surface area contributed by atoms with Gasteiger partial charge in [0.05, 0.1) is 6.61 Å². The fourth-order valence-electron chi connectivity index (χ4n) is 3.50. The highest BCUT2D eigenvalue weighted by molar-refractivity contribution is 8.13. The molecule has 0 saturated carbocycles. The van der Waals surface area contributed by atoms with Gasteiger partial charge in [-0.05, 0) is 19.3 Å². The van der Waals surface area contributed by atoms with E-state index in [0.717, 1.165) is 57.1 Å². The summed E-state index contributed by atoms with van der Waals surface area (Å²) >= 11 is 1.34. The van der Waals surface area contributed by atoms with E-state index in [1.807, 2.05) is 0 Å². The number of carbonyl (C=O) groups excluding carboxylic acids is 3. The van der Waals surface area contributed by atoms with Crippen LogP contribution in [-0.4, -0.2) is 51.9 Å². The Morgan fingerprint density at radius 3 is 1.78 bits per heavy atom. The van der Waals surface area contributed by atoms with Gasteiger partial charge in [-0.15, -0.1) is 0 Å². The first-order chi connectivity index (χ1) is 17.1. The molecule has 0 unspecified atom stereocenters. The van der Waals surface area contributed by atoms with Crippen molar-refractivity contribution in [2.24, 2.45) is 0 Å². The number of phosphoric acid groups is 1. The third kappa shape index (κ3) is 26.1. The summed E-state index contributed by atoms with van der Waals surface area (Å²) in [4.78, 5) is 52.9. The van der Waals surface area contributed by atoms with Crippen molar-refractivity contribution in [1.82, 2.24) is 0 Å². The Morgan fingerprint density at radius 2 is 1.25 bits per heavy atom. The van der Waals surface area contributed by atoms with Crippen LogP contribution in [0.2, 0.25) is 0 Å². The van der Waals surface area contributed by atoms with Crippen LogP contribution in [0.1, 0.15) is 117 Å². The normalized spacial score (nSPS) is 12.3. The summed E-state index contributed by atoms with van der Waals surface area (Å²) in [7, 11) is -4.74. The summed E-state index contributed by atoms with van der Waals surface area (Å²) in [6.45, 7) is 2.88. The van der Waals surface area contributed by atoms with E-state index in [2.05, 4.69) is 11.4 Å². The highest BCUT2D eigenvalue weighted by atomic mass is 32.2. The highest BCUT2D eigenvalue weighted by Gasteiger charge is 2.22. The first-order valence-electron chi connectivity index (χ1n) is 13.3. The molecule has 0 bridgehead atoms. The van der Waals surface area contributed by atoms with Gasteiger partial charge in [-0.25, -0.2) is 4.57 Å². The number of ether oxygens (including phenoxy) is 2. The second-order valence-electron chi connectivity index (χ2n) is 9.02. The molecule has 0 aromatic heterocycles. The second kappa shape index (κ2) is 23.2. The molecule has 9 nitrogen and oxygen atoms in total. The zero-order valence-electron chi connectivity index (χ0n) is 22.1. The molecule has 0 aliphatic heterocycles. The molecule has 0 spiro atoms. The van der Waals surface area contributed by atoms with Crippen LogP contribution in [0.25, 0.3) is 0 Å². The first-order valence-corrected chi connectivity index (χ1v) is 15.8. The average Bonchev–Trinajstić information content (AvgIpc) is 2.80. The number of unbranched alkanes of at least 4 members (excludes halogenated alkanes) is 12. The molecule has 11 heteroatoms. The fraction of sp³-hybridized carbons (Fsp3) is 0.880. The molecule has 0 radical (unpaired) electrons. The third-order valence-corrected chi connectivity index (χ3v) is 6.86. The average molecular weight is 555 g/mol. The van der Waals surface area contributed by atoms with Crippen molar-refractivity contribution in [3.8, 4) is 0 Å². The van der Waals surface area contributed by atoms with Gasteiger partial charge in [-0.2, -0.15) is 0 Å². The van der Waals surface area contributed by atoms with Crippen LogP contribution in [0.5, 0.6) is 0 Å². The lowest BCUT2D eigenvalue weighted by Crippen LogP contribution is -2.29. The molecule has 1 atom stereocenters. The molecule has 0 heterocycles. The Bertz CT molecular complexity index is 639. The van der Waals surface area contributed by atoms with Gasteiger partial charge < -0.3 is 19.3 Å². The standard InChI is InChI=1S/C25H47O9PS/c1-3-4-5-6-7-8-12-15-18-25(28)34-23(21-33-35(29,30)31)20-32-24(27)17-14-11-9-10-13-16-19-36-22(2)26/h23H,3-21H2,1-2H3,(H2,29,30,31)/t23-/m0/s1. The minimum absolute atomic E-state index is 0.141. The smallest absolute Gasteiger partial charge is 0.462 e. The van der Waals surface area contributed by atoms with Gasteiger partial charge in [-0.3, -0.25) is 18.9 Å². The number of esters is 2. The van der Waals surface area contributed by atoms with Crippen LogP contribution in [0, 0.1) is 0 Å². The molecule has 212 valence electrons. The number of hydrogen-bond acceptors (Lipinski definition) is 8. The first kappa shape index (κ1) is 35.1. The lowest BCUT2D eigenvalue weighted by molar-refractivity contribution is -0.161. The van der Waals surface area contributed by atoms with Gasteiger partial charge in [0.25, 0.3) is 0 Å². The maximum atomic E-state index is 12.1. The largest absolute Gasteiger partial charge is 0.469 e. The van der Waals surface area contributed by atoms with Gasteiger partial charge in [-0.1, -0.05) is 89.3 Å². The molecular formula is C25H47O9PS. The Balaban J connectivity index is 4.10. The van der Waals surface area contributed by atoms with Crippen molar-refractivity contribution >= 4 is 36.6 Å². The third-order valence-electron chi connectivity index (χ3n) is 5.47. The fourth-order valence-corrected chi connectivity index (χ4v) is 4.49. The predicted molar refractivity (Wildman–Crippen MR) is 142 cm³/mol. The topological polar surface area (TPSA) is 136 Å². The SMILES string of the molecule is CCCCCCCCCCC(=O)O[C@@H](COC(=O)CCCCCCCCSC(C)=O)COP(=O)(O)O. The van der Waals surface area contributed by atoms with E-state index in [9.17, 15) is 18.9 Å². The van der Waals surface area contributed by atoms with Crippen molar-refractivity contribution in [3.05, 3.63) is 0 Å². The van der Waals surface area contributed by atoms with Crippen molar-refractivity contribution in [2.75, 3.05) is 19.0 Å². The zero-order valence-corrected chi connectivity index (χ0v) is 23.8. The summed E-state index contributed by atoms with van der Waals surface area (Å²) in [6.07, 6.45) is 13.7. The zero-order chi connectivity index (χ0) is 27.1. The van der Waals surface area contributed by atoms with Crippen molar-refractivity contribution in [2.45, 2.75) is 123 Å². The van der Waals surface area contributed by atoms with Crippen molar-refractivity contribution in [3.63, 3.8) is 0 Å². The van der Waals surface area contributed by atoms with Crippen LogP contribution >= 0.6 is 19.6 Å². The number of carbonyl (C=O) groups is 3. The van der Waals surface area contributed by atoms with Crippen LogP contribution in [0.15, 0.2) is 0 Å².